The lowest BCUT2D eigenvalue weighted by Crippen LogP contribution is -2.57. The lowest BCUT2D eigenvalue weighted by atomic mass is 9.90. The van der Waals surface area contributed by atoms with Crippen LogP contribution >= 0.6 is 0 Å². The van der Waals surface area contributed by atoms with Gasteiger partial charge in [0.05, 0.1) is 5.54 Å². The van der Waals surface area contributed by atoms with Crippen LogP contribution in [-0.4, -0.2) is 54.2 Å². The Labute approximate surface area is 88.0 Å². The molecule has 3 N–H and O–H groups in total. The minimum absolute atomic E-state index is 0.321. The van der Waals surface area contributed by atoms with Crippen LogP contribution in [0.25, 0.3) is 0 Å². The predicted octanol–water partition coefficient (Wildman–Crippen LogP) is -0.963. The van der Waals surface area contributed by atoms with Gasteiger partial charge in [0.1, 0.15) is 6.54 Å². The Hall–Kier alpha value is -1.14. The highest BCUT2D eigenvalue weighted by atomic mass is 16.5. The second kappa shape index (κ2) is 4.59. The van der Waals surface area contributed by atoms with Crippen molar-refractivity contribution in [1.82, 2.24) is 4.90 Å². The third kappa shape index (κ3) is 2.90. The van der Waals surface area contributed by atoms with Gasteiger partial charge in [0.15, 0.2) is 0 Å². The van der Waals surface area contributed by atoms with E-state index < -0.39 is 11.5 Å². The Morgan fingerprint density at radius 2 is 2.00 bits per heavy atom. The molecule has 1 saturated heterocycles. The zero-order valence-corrected chi connectivity index (χ0v) is 8.73. The van der Waals surface area contributed by atoms with Crippen LogP contribution in [0.4, 0.5) is 0 Å². The van der Waals surface area contributed by atoms with E-state index in [1.165, 1.54) is 7.05 Å². The minimum atomic E-state index is -1.04. The van der Waals surface area contributed by atoms with Gasteiger partial charge in [-0.05, 0) is 12.8 Å². The fourth-order valence-electron chi connectivity index (χ4n) is 1.60. The number of nitrogens with two attached hydrogens (primary N) is 1. The highest BCUT2D eigenvalue weighted by Crippen LogP contribution is 2.19. The van der Waals surface area contributed by atoms with E-state index in [2.05, 4.69) is 0 Å². The number of ether oxygens (including phenoxy) is 1. The van der Waals surface area contributed by atoms with Crippen molar-refractivity contribution in [2.75, 3.05) is 26.8 Å². The first kappa shape index (κ1) is 11.9. The van der Waals surface area contributed by atoms with E-state index >= 15 is 0 Å². The van der Waals surface area contributed by atoms with Gasteiger partial charge in [-0.1, -0.05) is 0 Å². The summed E-state index contributed by atoms with van der Waals surface area (Å²) in [5.41, 5.74) is 4.96. The van der Waals surface area contributed by atoms with E-state index in [0.717, 1.165) is 4.90 Å². The SMILES string of the molecule is CN(CC(=O)O)C(=O)C1(N)CCOCC1. The van der Waals surface area contributed by atoms with Crippen LogP contribution in [0.5, 0.6) is 0 Å². The van der Waals surface area contributed by atoms with Crippen LogP contribution in [0.15, 0.2) is 0 Å². The summed E-state index contributed by atoms with van der Waals surface area (Å²) in [5, 5.41) is 8.56. The van der Waals surface area contributed by atoms with Crippen molar-refractivity contribution < 1.29 is 19.4 Å². The number of aliphatic carboxylic acids is 1. The largest absolute Gasteiger partial charge is 0.480 e. The fourth-order valence-corrected chi connectivity index (χ4v) is 1.60. The first-order chi connectivity index (χ1) is 6.96. The van der Waals surface area contributed by atoms with E-state index in [9.17, 15) is 9.59 Å². The van der Waals surface area contributed by atoms with Crippen LogP contribution in [0, 0.1) is 0 Å². The minimum Gasteiger partial charge on any atom is -0.480 e. The number of rotatable bonds is 3. The summed E-state index contributed by atoms with van der Waals surface area (Å²) in [7, 11) is 1.44. The van der Waals surface area contributed by atoms with Gasteiger partial charge in [0.25, 0.3) is 0 Å². The number of likely N-dealkylation sites (N-methyl/N-ethyl adjacent to an activating group) is 1. The molecule has 0 aliphatic carbocycles. The summed E-state index contributed by atoms with van der Waals surface area (Å²) in [6.07, 6.45) is 0.881. The van der Waals surface area contributed by atoms with Gasteiger partial charge in [-0.25, -0.2) is 0 Å². The molecule has 1 aliphatic rings. The van der Waals surface area contributed by atoms with Gasteiger partial charge in [-0.2, -0.15) is 0 Å². The molecule has 0 aromatic carbocycles. The first-order valence-corrected chi connectivity index (χ1v) is 4.80. The van der Waals surface area contributed by atoms with Crippen molar-refractivity contribution in [3.63, 3.8) is 0 Å². The van der Waals surface area contributed by atoms with E-state index in [0.29, 0.717) is 26.1 Å². The van der Waals surface area contributed by atoms with E-state index in [1.54, 1.807) is 0 Å². The number of carbonyl (C=O) groups is 2. The molecule has 0 spiro atoms. The Morgan fingerprint density at radius 3 is 2.47 bits per heavy atom. The predicted molar refractivity (Wildman–Crippen MR) is 52.2 cm³/mol. The number of carboxylic acid groups (broad SMARTS) is 1. The molecule has 0 saturated carbocycles. The normalized spacial score (nSPS) is 19.6. The summed E-state index contributed by atoms with van der Waals surface area (Å²) in [5.74, 6) is -1.37. The van der Waals surface area contributed by atoms with Gasteiger partial charge < -0.3 is 20.5 Å². The van der Waals surface area contributed by atoms with Gasteiger partial charge >= 0.3 is 5.97 Å². The lowest BCUT2D eigenvalue weighted by molar-refractivity contribution is -0.147. The van der Waals surface area contributed by atoms with Crippen molar-refractivity contribution in [2.45, 2.75) is 18.4 Å². The molecule has 86 valence electrons. The zero-order valence-electron chi connectivity index (χ0n) is 8.73. The maximum absolute atomic E-state index is 11.8. The van der Waals surface area contributed by atoms with Crippen molar-refractivity contribution >= 4 is 11.9 Å². The number of nitrogens with zero attached hydrogens (tertiary/aromatic N) is 1. The monoisotopic (exact) mass is 216 g/mol. The van der Waals surface area contributed by atoms with Crippen LogP contribution in [-0.2, 0) is 14.3 Å². The molecule has 1 rings (SSSR count). The molecule has 0 radical (unpaired) electrons. The summed E-state index contributed by atoms with van der Waals surface area (Å²) in [4.78, 5) is 23.4. The van der Waals surface area contributed by atoms with E-state index in [4.69, 9.17) is 15.6 Å². The average molecular weight is 216 g/mol. The van der Waals surface area contributed by atoms with Crippen molar-refractivity contribution in [1.29, 1.82) is 0 Å². The van der Waals surface area contributed by atoms with Crippen molar-refractivity contribution in [3.8, 4) is 0 Å². The molecule has 0 aromatic rings. The molecule has 1 fully saturated rings. The number of carbonyl (C=O) groups excluding carboxylic acids is 1. The molecule has 6 nitrogen and oxygen atoms in total. The molecule has 0 aromatic heterocycles. The van der Waals surface area contributed by atoms with Gasteiger partial charge in [0, 0.05) is 20.3 Å². The first-order valence-electron chi connectivity index (χ1n) is 4.80. The Bertz CT molecular complexity index is 261. The smallest absolute Gasteiger partial charge is 0.323 e. The lowest BCUT2D eigenvalue weighted by Gasteiger charge is -2.34. The highest BCUT2D eigenvalue weighted by molar-refractivity contribution is 5.88. The number of carboxylic acids is 1. The highest BCUT2D eigenvalue weighted by Gasteiger charge is 2.38. The van der Waals surface area contributed by atoms with Gasteiger partial charge in [-0.15, -0.1) is 0 Å². The maximum Gasteiger partial charge on any atom is 0.323 e. The average Bonchev–Trinajstić information content (AvgIpc) is 2.16. The summed E-state index contributed by atoms with van der Waals surface area (Å²) in [6, 6.07) is 0. The van der Waals surface area contributed by atoms with E-state index in [-0.39, 0.29) is 12.5 Å². The molecule has 15 heavy (non-hydrogen) atoms. The van der Waals surface area contributed by atoms with Crippen molar-refractivity contribution in [3.05, 3.63) is 0 Å². The molecule has 0 bridgehead atoms. The number of amides is 1. The molecule has 1 amide bonds. The topological polar surface area (TPSA) is 92.9 Å². The fraction of sp³-hybridized carbons (Fsp3) is 0.778. The molecule has 1 aliphatic heterocycles. The third-order valence-corrected chi connectivity index (χ3v) is 2.53. The van der Waals surface area contributed by atoms with Gasteiger partial charge in [-0.3, -0.25) is 9.59 Å². The van der Waals surface area contributed by atoms with Crippen LogP contribution in [0.1, 0.15) is 12.8 Å². The van der Waals surface area contributed by atoms with Crippen LogP contribution < -0.4 is 5.73 Å². The molecule has 1 heterocycles. The molecule has 0 unspecified atom stereocenters. The van der Waals surface area contributed by atoms with Crippen molar-refractivity contribution in [2.24, 2.45) is 5.73 Å². The van der Waals surface area contributed by atoms with Crippen LogP contribution in [0.3, 0.4) is 0 Å². The number of hydrogen-bond acceptors (Lipinski definition) is 4. The summed E-state index contributed by atoms with van der Waals surface area (Å²) < 4.78 is 5.11. The standard InChI is InChI=1S/C9H16N2O4/c1-11(6-7(12)13)8(14)9(10)2-4-15-5-3-9/h2-6,10H2,1H3,(H,12,13). The summed E-state index contributed by atoms with van der Waals surface area (Å²) >= 11 is 0. The zero-order chi connectivity index (χ0) is 11.5. The molecular formula is C9H16N2O4. The Morgan fingerprint density at radius 1 is 1.47 bits per heavy atom. The second-order valence-corrected chi connectivity index (χ2v) is 3.82. The number of hydrogen-bond donors (Lipinski definition) is 2. The second-order valence-electron chi connectivity index (χ2n) is 3.82. The quantitative estimate of drug-likeness (QED) is 0.633. The molecule has 6 heteroatoms. The van der Waals surface area contributed by atoms with E-state index in [1.807, 2.05) is 0 Å². The maximum atomic E-state index is 11.8. The third-order valence-electron chi connectivity index (χ3n) is 2.53. The van der Waals surface area contributed by atoms with Gasteiger partial charge in [0.2, 0.25) is 5.91 Å². The molecule has 0 atom stereocenters. The Kier molecular flexibility index (Phi) is 3.65. The van der Waals surface area contributed by atoms with Crippen LogP contribution in [0.2, 0.25) is 0 Å². The summed E-state index contributed by atoms with van der Waals surface area (Å²) in [6.45, 7) is 0.574. The Balaban J connectivity index is 2.61. The molecular weight excluding hydrogens is 200 g/mol.